The van der Waals surface area contributed by atoms with Crippen LogP contribution in [0.2, 0.25) is 0 Å². The topological polar surface area (TPSA) is 82.5 Å². The third kappa shape index (κ3) is 3.14. The number of diazo groups is 1. The van der Waals surface area contributed by atoms with Gasteiger partial charge in [-0.25, -0.2) is 0 Å². The van der Waals surface area contributed by atoms with E-state index in [2.05, 4.69) is 20.9 Å². The van der Waals surface area contributed by atoms with Crippen LogP contribution in [0.15, 0.2) is 21.5 Å². The molecular formula is C7H6BrClN2O3S. The van der Waals surface area contributed by atoms with Crippen molar-refractivity contribution in [3.8, 4) is 0 Å². The van der Waals surface area contributed by atoms with Gasteiger partial charge in [0.1, 0.15) is 0 Å². The van der Waals surface area contributed by atoms with Crippen LogP contribution in [0, 0.1) is 12.3 Å². The molecule has 1 aromatic rings. The Bertz CT molecular complexity index is 524. The molecule has 0 aliphatic carbocycles. The molecule has 5 nitrogen and oxygen atoms in total. The Hall–Kier alpha value is -0.680. The molecule has 0 unspecified atom stereocenters. The maximum Gasteiger partial charge on any atom is 0.408 e. The van der Waals surface area contributed by atoms with Crippen molar-refractivity contribution in [2.24, 2.45) is 0 Å². The van der Waals surface area contributed by atoms with Crippen LogP contribution in [0.5, 0.6) is 0 Å². The molecule has 1 rings (SSSR count). The molecule has 0 amide bonds. The summed E-state index contributed by atoms with van der Waals surface area (Å²) in [5.41, 5.74) is 0.283. The van der Waals surface area contributed by atoms with Gasteiger partial charge in [-0.15, -0.1) is 0 Å². The molecule has 1 N–H and O–H groups in total. The minimum atomic E-state index is -4.37. The predicted molar refractivity (Wildman–Crippen MR) is 53.4 cm³/mol. The highest BCUT2D eigenvalue weighted by Gasteiger charge is 2.27. The monoisotopic (exact) mass is 312 g/mol. The van der Waals surface area contributed by atoms with Gasteiger partial charge in [-0.3, -0.25) is 4.55 Å². The summed E-state index contributed by atoms with van der Waals surface area (Å²) in [7, 11) is -4.37. The minimum absolute atomic E-state index is 0. The first-order valence-electron chi connectivity index (χ1n) is 3.49. The predicted octanol–water partition coefficient (Wildman–Crippen LogP) is -0.507. The van der Waals surface area contributed by atoms with Crippen LogP contribution in [0.25, 0.3) is 4.98 Å². The fourth-order valence-electron chi connectivity index (χ4n) is 1.03. The first-order valence-corrected chi connectivity index (χ1v) is 5.72. The lowest BCUT2D eigenvalue weighted by molar-refractivity contribution is -0.00000720. The maximum atomic E-state index is 10.9. The number of nitrogens with zero attached hydrogens (tertiary/aromatic N) is 2. The first-order chi connectivity index (χ1) is 6.36. The highest BCUT2D eigenvalue weighted by Crippen LogP contribution is 2.31. The number of rotatable bonds is 1. The first kappa shape index (κ1) is 14.3. The van der Waals surface area contributed by atoms with Crippen molar-refractivity contribution in [2.45, 2.75) is 11.8 Å². The Morgan fingerprint density at radius 3 is 2.40 bits per heavy atom. The normalized spacial score (nSPS) is 10.3. The Morgan fingerprint density at radius 2 is 2.00 bits per heavy atom. The smallest absolute Gasteiger partial charge is 0.408 e. The second kappa shape index (κ2) is 4.90. The highest BCUT2D eigenvalue weighted by atomic mass is 79.9. The fraction of sp³-hybridized carbons (Fsp3) is 0.143. The molecule has 0 radical (unpaired) electrons. The summed E-state index contributed by atoms with van der Waals surface area (Å²) in [4.78, 5) is 2.39. The summed E-state index contributed by atoms with van der Waals surface area (Å²) in [6.07, 6.45) is 0. The van der Waals surface area contributed by atoms with Gasteiger partial charge in [0.05, 0.1) is 0 Å². The summed E-state index contributed by atoms with van der Waals surface area (Å²) >= 11 is 3.07. The maximum absolute atomic E-state index is 10.9. The van der Waals surface area contributed by atoms with Crippen molar-refractivity contribution in [1.29, 1.82) is 5.39 Å². The van der Waals surface area contributed by atoms with Crippen LogP contribution < -0.4 is 12.4 Å². The van der Waals surface area contributed by atoms with E-state index in [4.69, 9.17) is 9.95 Å². The van der Waals surface area contributed by atoms with Crippen molar-refractivity contribution >= 4 is 31.7 Å². The zero-order valence-electron chi connectivity index (χ0n) is 7.48. The van der Waals surface area contributed by atoms with Gasteiger partial charge in [0, 0.05) is 10.0 Å². The Balaban J connectivity index is 0.00000196. The molecule has 0 aliphatic heterocycles. The van der Waals surface area contributed by atoms with Crippen LogP contribution >= 0.6 is 15.9 Å². The van der Waals surface area contributed by atoms with Gasteiger partial charge in [0.2, 0.25) is 5.39 Å². The molecule has 15 heavy (non-hydrogen) atoms. The Labute approximate surface area is 101 Å². The second-order valence-electron chi connectivity index (χ2n) is 2.64. The van der Waals surface area contributed by atoms with E-state index in [9.17, 15) is 8.42 Å². The summed E-state index contributed by atoms with van der Waals surface area (Å²) in [5, 5.41) is 8.59. The summed E-state index contributed by atoms with van der Waals surface area (Å²) < 4.78 is 31.1. The zero-order chi connectivity index (χ0) is 10.9. The van der Waals surface area contributed by atoms with Crippen molar-refractivity contribution in [1.82, 2.24) is 0 Å². The van der Waals surface area contributed by atoms with Gasteiger partial charge < -0.3 is 12.4 Å². The van der Waals surface area contributed by atoms with Crippen molar-refractivity contribution in [3.05, 3.63) is 27.1 Å². The van der Waals surface area contributed by atoms with E-state index >= 15 is 0 Å². The van der Waals surface area contributed by atoms with Gasteiger partial charge in [-0.05, 0) is 19.1 Å². The van der Waals surface area contributed by atoms with E-state index in [0.717, 1.165) is 6.07 Å². The van der Waals surface area contributed by atoms with E-state index in [1.165, 1.54) is 0 Å². The summed E-state index contributed by atoms with van der Waals surface area (Å²) in [5.74, 6) is 0. The standard InChI is InChI=1S/C7H5BrN2O3S.ClH/c1-4-2-5(8)3-6(7(4)10-9)14(11,12)13;/h2-3H,1H3;1H. The third-order valence-electron chi connectivity index (χ3n) is 1.61. The van der Waals surface area contributed by atoms with Gasteiger partial charge >= 0.3 is 15.8 Å². The Kier molecular flexibility index (Phi) is 4.67. The molecular weight excluding hydrogens is 308 g/mol. The lowest BCUT2D eigenvalue weighted by Crippen LogP contribution is -3.00. The molecule has 0 saturated carbocycles. The lowest BCUT2D eigenvalue weighted by atomic mass is 10.2. The molecule has 0 bridgehead atoms. The van der Waals surface area contributed by atoms with Crippen LogP contribution in [-0.4, -0.2) is 13.0 Å². The molecule has 0 spiro atoms. The molecule has 8 heteroatoms. The summed E-state index contributed by atoms with van der Waals surface area (Å²) in [6, 6.07) is 2.74. The third-order valence-corrected chi connectivity index (χ3v) is 2.93. The molecule has 0 aliphatic rings. The van der Waals surface area contributed by atoms with E-state index in [0.29, 0.717) is 10.0 Å². The molecule has 0 heterocycles. The lowest BCUT2D eigenvalue weighted by Gasteiger charge is -1.96. The largest absolute Gasteiger partial charge is 1.00 e. The molecule has 0 fully saturated rings. The number of halogens is 2. The second-order valence-corrected chi connectivity index (χ2v) is 4.95. The van der Waals surface area contributed by atoms with Crippen molar-refractivity contribution < 1.29 is 25.4 Å². The highest BCUT2D eigenvalue weighted by molar-refractivity contribution is 9.10. The van der Waals surface area contributed by atoms with Crippen molar-refractivity contribution in [3.63, 3.8) is 0 Å². The average Bonchev–Trinajstić information content (AvgIpc) is 2.01. The van der Waals surface area contributed by atoms with Gasteiger partial charge in [-0.1, -0.05) is 15.9 Å². The van der Waals surface area contributed by atoms with Crippen LogP contribution in [0.4, 0.5) is 5.69 Å². The SMILES string of the molecule is Cc1cc(Br)cc(S(=O)(=O)O)c1[N+]#N.[Cl-]. The quantitative estimate of drug-likeness (QED) is 0.559. The van der Waals surface area contributed by atoms with E-state index in [1.807, 2.05) is 0 Å². The summed E-state index contributed by atoms with van der Waals surface area (Å²) in [6.45, 7) is 1.56. The van der Waals surface area contributed by atoms with Crippen LogP contribution in [-0.2, 0) is 10.1 Å². The number of benzene rings is 1. The van der Waals surface area contributed by atoms with E-state index in [1.54, 1.807) is 13.0 Å². The van der Waals surface area contributed by atoms with Crippen molar-refractivity contribution in [2.75, 3.05) is 0 Å². The fourth-order valence-corrected chi connectivity index (χ4v) is 2.48. The van der Waals surface area contributed by atoms with E-state index < -0.39 is 15.0 Å². The van der Waals surface area contributed by atoms with Crippen LogP contribution in [0.3, 0.4) is 0 Å². The van der Waals surface area contributed by atoms with Gasteiger partial charge in [0.15, 0.2) is 9.87 Å². The number of hydrogen-bond acceptors (Lipinski definition) is 3. The van der Waals surface area contributed by atoms with Crippen LogP contribution in [0.1, 0.15) is 5.56 Å². The molecule has 0 saturated heterocycles. The average molecular weight is 314 g/mol. The van der Waals surface area contributed by atoms with Gasteiger partial charge in [0.25, 0.3) is 0 Å². The minimum Gasteiger partial charge on any atom is -1.00 e. The number of hydrogen-bond donors (Lipinski definition) is 1. The van der Waals surface area contributed by atoms with E-state index in [-0.39, 0.29) is 18.1 Å². The molecule has 82 valence electrons. The molecule has 1 aromatic carbocycles. The number of aryl methyl sites for hydroxylation is 1. The Morgan fingerprint density at radius 1 is 1.47 bits per heavy atom. The molecule has 0 atom stereocenters. The zero-order valence-corrected chi connectivity index (χ0v) is 10.6. The van der Waals surface area contributed by atoms with Gasteiger partial charge in [-0.2, -0.15) is 8.42 Å². The molecule has 0 aromatic heterocycles.